The molecule has 21 heavy (non-hydrogen) atoms. The largest absolute Gasteiger partial charge is 0.334 e. The van der Waals surface area contributed by atoms with Gasteiger partial charge in [-0.3, -0.25) is 0 Å². The second kappa shape index (κ2) is 6.35. The number of benzene rings is 2. The Morgan fingerprint density at radius 2 is 1.81 bits per heavy atom. The van der Waals surface area contributed by atoms with Crippen molar-refractivity contribution in [2.45, 2.75) is 31.9 Å². The third-order valence-corrected chi connectivity index (χ3v) is 5.06. The molecule has 0 bridgehead atoms. The average Bonchev–Trinajstić information content (AvgIpc) is 2.54. The van der Waals surface area contributed by atoms with E-state index in [0.717, 1.165) is 23.7 Å². The van der Waals surface area contributed by atoms with Crippen LogP contribution >= 0.6 is 11.8 Å². The fraction of sp³-hybridized carbons (Fsp3) is 0.278. The van der Waals surface area contributed by atoms with Crippen molar-refractivity contribution >= 4 is 28.3 Å². The maximum absolute atomic E-state index is 4.85. The number of anilines is 1. The first-order valence-electron chi connectivity index (χ1n) is 7.51. The number of aliphatic imine (C=N–C) groups is 1. The molecule has 0 radical (unpaired) electrons. The number of amidine groups is 1. The van der Waals surface area contributed by atoms with E-state index in [0.29, 0.717) is 5.25 Å². The molecule has 3 heteroatoms. The Morgan fingerprint density at radius 1 is 1.05 bits per heavy atom. The molecule has 1 N–H and O–H groups in total. The highest BCUT2D eigenvalue weighted by atomic mass is 32.2. The van der Waals surface area contributed by atoms with Crippen molar-refractivity contribution in [2.75, 3.05) is 5.32 Å². The number of aryl methyl sites for hydroxylation is 1. The first kappa shape index (κ1) is 14.2. The van der Waals surface area contributed by atoms with Gasteiger partial charge in [-0.1, -0.05) is 62.0 Å². The minimum atomic E-state index is 0.481. The zero-order valence-electron chi connectivity index (χ0n) is 12.5. The lowest BCUT2D eigenvalue weighted by Gasteiger charge is -2.26. The Kier molecular flexibility index (Phi) is 4.30. The highest BCUT2D eigenvalue weighted by molar-refractivity contribution is 8.14. The van der Waals surface area contributed by atoms with E-state index in [9.17, 15) is 0 Å². The van der Waals surface area contributed by atoms with Crippen LogP contribution in [0.5, 0.6) is 0 Å². The van der Waals surface area contributed by atoms with Crippen molar-refractivity contribution in [3.05, 3.63) is 59.7 Å². The third-order valence-electron chi connectivity index (χ3n) is 3.77. The van der Waals surface area contributed by atoms with Crippen LogP contribution in [0.15, 0.2) is 53.5 Å². The minimum absolute atomic E-state index is 0.481. The summed E-state index contributed by atoms with van der Waals surface area (Å²) >= 11 is 1.83. The van der Waals surface area contributed by atoms with Gasteiger partial charge in [0, 0.05) is 10.9 Å². The summed E-state index contributed by atoms with van der Waals surface area (Å²) in [5.41, 5.74) is 4.94. The van der Waals surface area contributed by atoms with Gasteiger partial charge in [0.25, 0.3) is 0 Å². The Hall–Kier alpha value is -1.74. The molecule has 0 aliphatic carbocycles. The number of fused-ring (bicyclic) bond motifs is 1. The highest BCUT2D eigenvalue weighted by Crippen LogP contribution is 2.42. The van der Waals surface area contributed by atoms with Crippen molar-refractivity contribution < 1.29 is 0 Å². The van der Waals surface area contributed by atoms with Gasteiger partial charge < -0.3 is 5.32 Å². The van der Waals surface area contributed by atoms with Crippen LogP contribution in [0.4, 0.5) is 11.4 Å². The number of para-hydroxylation sites is 2. The third kappa shape index (κ3) is 2.98. The maximum Gasteiger partial charge on any atom is 0.166 e. The predicted molar refractivity (Wildman–Crippen MR) is 93.6 cm³/mol. The Labute approximate surface area is 130 Å². The highest BCUT2D eigenvalue weighted by Gasteiger charge is 2.22. The SMILES string of the molecule is CCc1ccccc1N=C1Nc2ccccc2C(CC)S1. The molecule has 0 spiro atoms. The van der Waals surface area contributed by atoms with E-state index < -0.39 is 0 Å². The van der Waals surface area contributed by atoms with Crippen molar-refractivity contribution in [1.82, 2.24) is 0 Å². The lowest BCUT2D eigenvalue weighted by molar-refractivity contribution is 0.899. The number of nitrogens with one attached hydrogen (secondary N) is 1. The normalized spacial score (nSPS) is 19.1. The molecular formula is C18H20N2S. The van der Waals surface area contributed by atoms with Gasteiger partial charge in [0.05, 0.1) is 5.69 Å². The van der Waals surface area contributed by atoms with Gasteiger partial charge in [-0.15, -0.1) is 0 Å². The van der Waals surface area contributed by atoms with E-state index >= 15 is 0 Å². The molecule has 0 saturated carbocycles. The lowest BCUT2D eigenvalue weighted by atomic mass is 10.1. The van der Waals surface area contributed by atoms with Crippen LogP contribution in [0.2, 0.25) is 0 Å². The summed E-state index contributed by atoms with van der Waals surface area (Å²) in [6.07, 6.45) is 2.11. The summed E-state index contributed by atoms with van der Waals surface area (Å²) in [5, 5.41) is 4.96. The van der Waals surface area contributed by atoms with Crippen LogP contribution in [0.25, 0.3) is 0 Å². The summed E-state index contributed by atoms with van der Waals surface area (Å²) in [4.78, 5) is 4.85. The minimum Gasteiger partial charge on any atom is -0.334 e. The number of nitrogens with zero attached hydrogens (tertiary/aromatic N) is 1. The second-order valence-electron chi connectivity index (χ2n) is 5.13. The van der Waals surface area contributed by atoms with Crippen molar-refractivity contribution in [2.24, 2.45) is 4.99 Å². The predicted octanol–water partition coefficient (Wildman–Crippen LogP) is 5.55. The molecule has 1 aliphatic rings. The zero-order chi connectivity index (χ0) is 14.7. The monoisotopic (exact) mass is 296 g/mol. The molecule has 3 rings (SSSR count). The summed E-state index contributed by atoms with van der Waals surface area (Å²) in [7, 11) is 0. The standard InChI is InChI=1S/C18H20N2S/c1-3-13-9-5-7-11-15(13)19-18-20-16-12-8-6-10-14(16)17(4-2)21-18/h5-12,17H,3-4H2,1-2H3,(H,19,20). The molecular weight excluding hydrogens is 276 g/mol. The quantitative estimate of drug-likeness (QED) is 0.803. The van der Waals surface area contributed by atoms with E-state index in [4.69, 9.17) is 4.99 Å². The topological polar surface area (TPSA) is 24.4 Å². The fourth-order valence-electron chi connectivity index (χ4n) is 2.62. The first-order chi connectivity index (χ1) is 10.3. The second-order valence-corrected chi connectivity index (χ2v) is 6.32. The van der Waals surface area contributed by atoms with Crippen molar-refractivity contribution in [3.8, 4) is 0 Å². The number of hydrogen-bond donors (Lipinski definition) is 1. The van der Waals surface area contributed by atoms with E-state index in [-0.39, 0.29) is 0 Å². The summed E-state index contributed by atoms with van der Waals surface area (Å²) in [6, 6.07) is 16.9. The number of rotatable bonds is 3. The Bertz CT molecular complexity index is 664. The van der Waals surface area contributed by atoms with Gasteiger partial charge in [0.1, 0.15) is 0 Å². The van der Waals surface area contributed by atoms with Crippen LogP contribution < -0.4 is 5.32 Å². The van der Waals surface area contributed by atoms with Gasteiger partial charge in [-0.25, -0.2) is 4.99 Å². The molecule has 0 fully saturated rings. The Morgan fingerprint density at radius 3 is 2.62 bits per heavy atom. The molecule has 1 heterocycles. The van der Waals surface area contributed by atoms with Crippen LogP contribution in [-0.4, -0.2) is 5.17 Å². The number of thioether (sulfide) groups is 1. The summed E-state index contributed by atoms with van der Waals surface area (Å²) in [5.74, 6) is 0. The summed E-state index contributed by atoms with van der Waals surface area (Å²) in [6.45, 7) is 4.40. The molecule has 1 atom stereocenters. The first-order valence-corrected chi connectivity index (χ1v) is 8.39. The van der Waals surface area contributed by atoms with Crippen molar-refractivity contribution in [3.63, 3.8) is 0 Å². The molecule has 2 aromatic carbocycles. The molecule has 1 unspecified atom stereocenters. The van der Waals surface area contributed by atoms with Gasteiger partial charge in [0.2, 0.25) is 0 Å². The molecule has 1 aliphatic heterocycles. The van der Waals surface area contributed by atoms with E-state index in [1.807, 2.05) is 11.8 Å². The van der Waals surface area contributed by atoms with Crippen LogP contribution in [-0.2, 0) is 6.42 Å². The van der Waals surface area contributed by atoms with E-state index in [1.54, 1.807) is 0 Å². The molecule has 0 amide bonds. The van der Waals surface area contributed by atoms with Crippen LogP contribution in [0.3, 0.4) is 0 Å². The van der Waals surface area contributed by atoms with Gasteiger partial charge >= 0.3 is 0 Å². The molecule has 108 valence electrons. The Balaban J connectivity index is 1.96. The zero-order valence-corrected chi connectivity index (χ0v) is 13.3. The fourth-order valence-corrected chi connectivity index (χ4v) is 3.71. The van der Waals surface area contributed by atoms with E-state index in [2.05, 4.69) is 67.7 Å². The molecule has 0 aromatic heterocycles. The summed E-state index contributed by atoms with van der Waals surface area (Å²) < 4.78 is 0. The average molecular weight is 296 g/mol. The van der Waals surface area contributed by atoms with Crippen LogP contribution in [0, 0.1) is 0 Å². The smallest absolute Gasteiger partial charge is 0.166 e. The van der Waals surface area contributed by atoms with Crippen LogP contribution in [0.1, 0.15) is 36.6 Å². The van der Waals surface area contributed by atoms with Crippen molar-refractivity contribution in [1.29, 1.82) is 0 Å². The van der Waals surface area contributed by atoms with E-state index in [1.165, 1.54) is 16.8 Å². The molecule has 0 saturated heterocycles. The maximum atomic E-state index is 4.85. The van der Waals surface area contributed by atoms with Gasteiger partial charge in [-0.05, 0) is 36.1 Å². The van der Waals surface area contributed by atoms with Gasteiger partial charge in [0.15, 0.2) is 5.17 Å². The molecule has 2 aromatic rings. The molecule has 2 nitrogen and oxygen atoms in total. The number of hydrogen-bond acceptors (Lipinski definition) is 2. The van der Waals surface area contributed by atoms with Gasteiger partial charge in [-0.2, -0.15) is 0 Å². The lowest BCUT2D eigenvalue weighted by Crippen LogP contribution is -2.17.